The molecular weight excluding hydrogens is 1160 g/mol. The number of carbonyl (C=O) groups excluding carboxylic acids is 2. The van der Waals surface area contributed by atoms with E-state index in [2.05, 4.69) is 36.6 Å². The van der Waals surface area contributed by atoms with Gasteiger partial charge in [0.15, 0.2) is 12.6 Å². The van der Waals surface area contributed by atoms with E-state index >= 15 is 0 Å². The molecule has 23 heteroatoms. The van der Waals surface area contributed by atoms with Crippen molar-refractivity contribution in [3.8, 4) is 0 Å². The molecule has 23 nitrogen and oxygen atoms in total. The van der Waals surface area contributed by atoms with Gasteiger partial charge < -0.3 is 100 Å². The SMILES string of the molecule is CCCCCCCC/C=C\CCCCCCCCCC(=O)NC(COC1OC(CO)C(OC2OC(CO)C(O)C(OC3(C(=O)O)CC(O)C(NC(C)=O)C(C(O)C(O)CO)O3)C2O)C(O)C1O)C(O)/C=C/CCCCCCCCCCCCCCCCCC. The lowest BCUT2D eigenvalue weighted by molar-refractivity contribution is -0.386. The third-order valence-corrected chi connectivity index (χ3v) is 17.4. The number of carbonyl (C=O) groups is 3. The van der Waals surface area contributed by atoms with Crippen LogP contribution in [-0.4, -0.2) is 215 Å². The van der Waals surface area contributed by atoms with E-state index < -0.39 is 155 Å². The van der Waals surface area contributed by atoms with Gasteiger partial charge in [0.2, 0.25) is 11.8 Å². The standard InChI is InChI=1S/C66H120N2O21/c1-4-6-8-10-12-14-16-18-20-22-24-25-27-29-31-33-35-37-39-48(73)47(68-53(76)40-38-36-34-32-30-28-26-23-21-19-17-15-13-11-9-7-5-2)45-84-63-58(80)57(79)60(52(44-71)86-63)87-64-59(81)62(56(78)51(43-70)85-64)89-66(65(82)83)41-49(74)54(67-46(3)72)61(88-66)55(77)50(75)42-69/h19,21,37,39,47-52,54-64,69-71,73-75,77-81H,4-18,20,22-36,38,40-45H2,1-3H3,(H,67,72)(H,68,76)(H,82,83)/b21-19-,39-37+. The number of hydrogen-bond acceptors (Lipinski definition) is 20. The van der Waals surface area contributed by atoms with Crippen LogP contribution < -0.4 is 10.6 Å². The van der Waals surface area contributed by atoms with Crippen LogP contribution >= 0.6 is 0 Å². The van der Waals surface area contributed by atoms with Gasteiger partial charge in [-0.25, -0.2) is 4.79 Å². The van der Waals surface area contributed by atoms with Gasteiger partial charge in [0.25, 0.3) is 5.79 Å². The fraction of sp³-hybridized carbons (Fsp3) is 0.894. The van der Waals surface area contributed by atoms with E-state index in [9.17, 15) is 75.7 Å². The van der Waals surface area contributed by atoms with Crippen LogP contribution in [0.1, 0.15) is 239 Å². The molecule has 2 amide bonds. The number of nitrogens with one attached hydrogen (secondary N) is 2. The first-order valence-corrected chi connectivity index (χ1v) is 34.2. The fourth-order valence-corrected chi connectivity index (χ4v) is 11.9. The first kappa shape index (κ1) is 80.4. The highest BCUT2D eigenvalue weighted by molar-refractivity contribution is 5.77. The van der Waals surface area contributed by atoms with Crippen LogP contribution in [0.4, 0.5) is 0 Å². The van der Waals surface area contributed by atoms with Crippen molar-refractivity contribution >= 4 is 17.8 Å². The van der Waals surface area contributed by atoms with Crippen molar-refractivity contribution in [3.63, 3.8) is 0 Å². The minimum absolute atomic E-state index is 0.196. The Morgan fingerprint density at radius 2 is 1.06 bits per heavy atom. The third-order valence-electron chi connectivity index (χ3n) is 17.4. The topological polar surface area (TPSA) is 373 Å². The van der Waals surface area contributed by atoms with E-state index in [0.717, 1.165) is 77.6 Å². The number of carboxylic acids is 1. The maximum Gasteiger partial charge on any atom is 0.364 e. The Labute approximate surface area is 530 Å². The van der Waals surface area contributed by atoms with E-state index in [1.807, 2.05) is 6.08 Å². The number of unbranched alkanes of at least 4 members (excludes halogenated alkanes) is 29. The van der Waals surface area contributed by atoms with Crippen molar-refractivity contribution in [2.24, 2.45) is 0 Å². The Balaban J connectivity index is 1.62. The predicted molar refractivity (Wildman–Crippen MR) is 334 cm³/mol. The molecule has 18 unspecified atom stereocenters. The molecule has 3 rings (SSSR count). The first-order chi connectivity index (χ1) is 42.9. The van der Waals surface area contributed by atoms with Crippen LogP contribution in [0.2, 0.25) is 0 Å². The van der Waals surface area contributed by atoms with Crippen LogP contribution in [-0.2, 0) is 42.8 Å². The second kappa shape index (κ2) is 47.1. The van der Waals surface area contributed by atoms with Gasteiger partial charge in [0.05, 0.1) is 50.7 Å². The highest BCUT2D eigenvalue weighted by Gasteiger charge is 2.60. The van der Waals surface area contributed by atoms with E-state index in [1.54, 1.807) is 6.08 Å². The van der Waals surface area contributed by atoms with Crippen LogP contribution in [0, 0.1) is 0 Å². The Bertz CT molecular complexity index is 1900. The fourth-order valence-electron chi connectivity index (χ4n) is 11.9. The molecule has 0 aliphatic carbocycles. The zero-order valence-electron chi connectivity index (χ0n) is 54.0. The van der Waals surface area contributed by atoms with Gasteiger partial charge in [0.1, 0.15) is 67.1 Å². The zero-order chi connectivity index (χ0) is 65.4. The molecule has 3 saturated heterocycles. The van der Waals surface area contributed by atoms with E-state index in [4.69, 9.17) is 28.4 Å². The number of amides is 2. The summed E-state index contributed by atoms with van der Waals surface area (Å²) in [6, 6.07) is -2.62. The molecule has 89 heavy (non-hydrogen) atoms. The maximum atomic E-state index is 13.4. The summed E-state index contributed by atoms with van der Waals surface area (Å²) in [5, 5.41) is 136. The minimum Gasteiger partial charge on any atom is -0.477 e. The molecule has 0 saturated carbocycles. The molecule has 14 N–H and O–H groups in total. The molecule has 3 aliphatic rings. The number of aliphatic hydroxyl groups is 11. The average molecular weight is 1280 g/mol. The maximum absolute atomic E-state index is 13.4. The summed E-state index contributed by atoms with van der Waals surface area (Å²) in [6.07, 6.45) is 16.4. The molecule has 0 aromatic rings. The van der Waals surface area contributed by atoms with Gasteiger partial charge in [0, 0.05) is 19.8 Å². The van der Waals surface area contributed by atoms with Crippen molar-refractivity contribution in [1.82, 2.24) is 10.6 Å². The summed E-state index contributed by atoms with van der Waals surface area (Å²) in [4.78, 5) is 38.5. The number of aliphatic carboxylic acids is 1. The quantitative estimate of drug-likeness (QED) is 0.0257. The van der Waals surface area contributed by atoms with Gasteiger partial charge in [-0.05, 0) is 44.9 Å². The number of aliphatic hydroxyl groups excluding tert-OH is 11. The Morgan fingerprint density at radius 3 is 1.53 bits per heavy atom. The summed E-state index contributed by atoms with van der Waals surface area (Å²) in [7, 11) is 0. The molecular formula is C66H120N2O21. The molecule has 0 aromatic carbocycles. The molecule has 0 bridgehead atoms. The average Bonchev–Trinajstić information content (AvgIpc) is 0.878. The summed E-state index contributed by atoms with van der Waals surface area (Å²) in [5.41, 5.74) is 0. The lowest BCUT2D eigenvalue weighted by atomic mass is 9.88. The highest BCUT2D eigenvalue weighted by Crippen LogP contribution is 2.39. The van der Waals surface area contributed by atoms with Gasteiger partial charge >= 0.3 is 5.97 Å². The molecule has 0 spiro atoms. The number of allylic oxidation sites excluding steroid dienone is 3. The Kier molecular flexibility index (Phi) is 42.6. The van der Waals surface area contributed by atoms with Gasteiger partial charge in [-0.3, -0.25) is 9.59 Å². The number of ether oxygens (including phenoxy) is 6. The van der Waals surface area contributed by atoms with Crippen molar-refractivity contribution in [2.75, 3.05) is 26.4 Å². The largest absolute Gasteiger partial charge is 0.477 e. The van der Waals surface area contributed by atoms with E-state index in [0.29, 0.717) is 12.8 Å². The van der Waals surface area contributed by atoms with Crippen LogP contribution in [0.25, 0.3) is 0 Å². The molecule has 520 valence electrons. The minimum atomic E-state index is -3.08. The van der Waals surface area contributed by atoms with Crippen molar-refractivity contribution < 1.29 is 104 Å². The first-order valence-electron chi connectivity index (χ1n) is 34.2. The van der Waals surface area contributed by atoms with E-state index in [1.165, 1.54) is 122 Å². The van der Waals surface area contributed by atoms with Gasteiger partial charge in [-0.2, -0.15) is 0 Å². The van der Waals surface area contributed by atoms with Crippen LogP contribution in [0.5, 0.6) is 0 Å². The Morgan fingerprint density at radius 1 is 0.584 bits per heavy atom. The van der Waals surface area contributed by atoms with Crippen LogP contribution in [0.3, 0.4) is 0 Å². The molecule has 18 atom stereocenters. The number of carboxylic acid groups (broad SMARTS) is 1. The third kappa shape index (κ3) is 30.0. The predicted octanol–water partition coefficient (Wildman–Crippen LogP) is 5.67. The lowest BCUT2D eigenvalue weighted by Gasteiger charge is -2.50. The van der Waals surface area contributed by atoms with E-state index in [-0.39, 0.29) is 12.3 Å². The number of hydrogen-bond donors (Lipinski definition) is 14. The van der Waals surface area contributed by atoms with Crippen LogP contribution in [0.15, 0.2) is 24.3 Å². The second-order valence-corrected chi connectivity index (χ2v) is 25.0. The number of rotatable bonds is 51. The smallest absolute Gasteiger partial charge is 0.364 e. The Hall–Kier alpha value is -2.79. The summed E-state index contributed by atoms with van der Waals surface area (Å²) in [5.74, 6) is -6.15. The zero-order valence-corrected chi connectivity index (χ0v) is 54.0. The molecule has 3 heterocycles. The molecule has 0 aromatic heterocycles. The molecule has 3 aliphatic heterocycles. The lowest BCUT2D eigenvalue weighted by Crippen LogP contribution is -2.70. The van der Waals surface area contributed by atoms with Gasteiger partial charge in [-0.1, -0.05) is 199 Å². The summed E-state index contributed by atoms with van der Waals surface area (Å²) >= 11 is 0. The van der Waals surface area contributed by atoms with Gasteiger partial charge in [-0.15, -0.1) is 0 Å². The monoisotopic (exact) mass is 1280 g/mol. The highest BCUT2D eigenvalue weighted by atomic mass is 16.8. The van der Waals surface area contributed by atoms with Crippen molar-refractivity contribution in [1.29, 1.82) is 0 Å². The normalized spacial score (nSPS) is 28.9. The summed E-state index contributed by atoms with van der Waals surface area (Å²) in [6.45, 7) is 2.13. The molecule has 3 fully saturated rings. The summed E-state index contributed by atoms with van der Waals surface area (Å²) < 4.78 is 34.8. The van der Waals surface area contributed by atoms with Crippen molar-refractivity contribution in [2.45, 2.75) is 349 Å². The molecule has 0 radical (unpaired) electrons. The van der Waals surface area contributed by atoms with Crippen molar-refractivity contribution in [3.05, 3.63) is 24.3 Å². The second-order valence-electron chi connectivity index (χ2n) is 25.0.